The van der Waals surface area contributed by atoms with Gasteiger partial charge in [0.1, 0.15) is 6.04 Å². The molecule has 0 saturated heterocycles. The number of carbonyl (C=O) groups is 3. The predicted octanol–water partition coefficient (Wildman–Crippen LogP) is 3.54. The number of carbonyl (C=O) groups excluding carboxylic acids is 3. The zero-order valence-electron chi connectivity index (χ0n) is 19.3. The number of amides is 2. The van der Waals surface area contributed by atoms with Crippen LogP contribution in [-0.2, 0) is 21.1 Å². The third kappa shape index (κ3) is 7.72. The van der Waals surface area contributed by atoms with Gasteiger partial charge in [-0.2, -0.15) is 4.99 Å². The van der Waals surface area contributed by atoms with Gasteiger partial charge in [0.05, 0.1) is 0 Å². The molecular weight excluding hydrogens is 428 g/mol. The van der Waals surface area contributed by atoms with Crippen molar-refractivity contribution in [1.82, 2.24) is 4.57 Å². The second-order valence-electron chi connectivity index (χ2n) is 8.94. The zero-order valence-corrected chi connectivity index (χ0v) is 20.1. The number of ether oxygens (including phenoxy) is 1. The molecule has 1 aromatic carbocycles. The molecule has 0 bridgehead atoms. The van der Waals surface area contributed by atoms with E-state index in [1.165, 1.54) is 11.3 Å². The van der Waals surface area contributed by atoms with Crippen molar-refractivity contribution >= 4 is 34.8 Å². The van der Waals surface area contributed by atoms with Gasteiger partial charge in [0.25, 0.3) is 5.91 Å². The molecular formula is C23H32N4O4S. The lowest BCUT2D eigenvalue weighted by atomic mass is 9.92. The fourth-order valence-corrected chi connectivity index (χ4v) is 3.45. The Morgan fingerprint density at radius 1 is 1.22 bits per heavy atom. The third-order valence-corrected chi connectivity index (χ3v) is 5.63. The molecule has 0 aliphatic heterocycles. The largest absolute Gasteiger partial charge is 0.443 e. The molecule has 2 aromatic rings. The number of nitrogens with two attached hydrogens (primary N) is 1. The van der Waals surface area contributed by atoms with Gasteiger partial charge in [0.2, 0.25) is 5.91 Å². The molecule has 0 aliphatic rings. The van der Waals surface area contributed by atoms with Crippen LogP contribution in [0.1, 0.15) is 57.8 Å². The fraction of sp³-hybridized carbons (Fsp3) is 0.478. The van der Waals surface area contributed by atoms with Crippen LogP contribution in [0.4, 0.5) is 5.69 Å². The lowest BCUT2D eigenvalue weighted by molar-refractivity contribution is -0.150. The van der Waals surface area contributed by atoms with Crippen LogP contribution in [0, 0.1) is 11.3 Å². The number of aromatic nitrogens is 1. The summed E-state index contributed by atoms with van der Waals surface area (Å²) in [4.78, 5) is 41.3. The Morgan fingerprint density at radius 2 is 1.88 bits per heavy atom. The quantitative estimate of drug-likeness (QED) is 0.585. The topological polar surface area (TPSA) is 116 Å². The standard InChI is InChI=1S/C23H32N4O4S/c1-6-15(2)19(24)21(30)31-14-27-11-12-32-22(27)26-20(29)16-7-9-17(10-8-16)25-18(28)13-23(3,4)5/h7-12,15,19H,6,13-14,24H2,1-5H3,(H,25,28)/t15?,19-/m0/s1. The van der Waals surface area contributed by atoms with E-state index in [1.54, 1.807) is 40.4 Å². The lowest BCUT2D eigenvalue weighted by Gasteiger charge is -2.17. The first-order chi connectivity index (χ1) is 15.0. The number of thiazole rings is 1. The lowest BCUT2D eigenvalue weighted by Crippen LogP contribution is -2.38. The maximum Gasteiger partial charge on any atom is 0.324 e. The minimum atomic E-state index is -0.691. The van der Waals surface area contributed by atoms with Crippen LogP contribution in [0.25, 0.3) is 0 Å². The first-order valence-electron chi connectivity index (χ1n) is 10.6. The van der Waals surface area contributed by atoms with Crippen molar-refractivity contribution in [3.8, 4) is 0 Å². The number of hydrogen-bond donors (Lipinski definition) is 2. The molecule has 1 aromatic heterocycles. The molecule has 2 amide bonds. The average molecular weight is 461 g/mol. The van der Waals surface area contributed by atoms with Crippen LogP contribution in [0.3, 0.4) is 0 Å². The Labute approximate surface area is 192 Å². The van der Waals surface area contributed by atoms with Crippen LogP contribution in [-0.4, -0.2) is 28.4 Å². The number of esters is 1. The Kier molecular flexibility index (Phi) is 8.91. The SMILES string of the molecule is CCC(C)[C@H](N)C(=O)OCn1ccsc1=NC(=O)c1ccc(NC(=O)CC(C)(C)C)cc1. The molecule has 1 unspecified atom stereocenters. The van der Waals surface area contributed by atoms with Crippen LogP contribution < -0.4 is 15.9 Å². The average Bonchev–Trinajstić information content (AvgIpc) is 3.16. The normalized spacial score (nSPS) is 14.0. The molecule has 2 rings (SSSR count). The summed E-state index contributed by atoms with van der Waals surface area (Å²) in [7, 11) is 0. The third-order valence-electron chi connectivity index (χ3n) is 4.84. The van der Waals surface area contributed by atoms with Gasteiger partial charge in [-0.05, 0) is 35.6 Å². The van der Waals surface area contributed by atoms with Gasteiger partial charge >= 0.3 is 5.97 Å². The molecule has 0 fully saturated rings. The molecule has 0 aliphatic carbocycles. The molecule has 0 saturated carbocycles. The van der Waals surface area contributed by atoms with Crippen molar-refractivity contribution in [3.63, 3.8) is 0 Å². The minimum Gasteiger partial charge on any atom is -0.443 e. The van der Waals surface area contributed by atoms with Gasteiger partial charge in [-0.3, -0.25) is 19.0 Å². The van der Waals surface area contributed by atoms with Crippen LogP contribution in [0.2, 0.25) is 0 Å². The van der Waals surface area contributed by atoms with E-state index in [4.69, 9.17) is 10.5 Å². The van der Waals surface area contributed by atoms with E-state index in [-0.39, 0.29) is 24.0 Å². The minimum absolute atomic E-state index is 0.0157. The summed E-state index contributed by atoms with van der Waals surface area (Å²) in [5.41, 5.74) is 6.79. The maximum absolute atomic E-state index is 12.6. The highest BCUT2D eigenvalue weighted by molar-refractivity contribution is 7.07. The van der Waals surface area contributed by atoms with E-state index in [2.05, 4.69) is 10.3 Å². The number of nitrogens with zero attached hydrogens (tertiary/aromatic N) is 2. The van der Waals surface area contributed by atoms with Crippen molar-refractivity contribution in [2.24, 2.45) is 22.1 Å². The number of hydrogen-bond acceptors (Lipinski definition) is 6. The highest BCUT2D eigenvalue weighted by Crippen LogP contribution is 2.20. The Balaban J connectivity index is 2.03. The summed E-state index contributed by atoms with van der Waals surface area (Å²) in [6.45, 7) is 9.76. The van der Waals surface area contributed by atoms with Gasteiger partial charge < -0.3 is 15.8 Å². The van der Waals surface area contributed by atoms with E-state index in [0.717, 1.165) is 6.42 Å². The van der Waals surface area contributed by atoms with Crippen molar-refractivity contribution in [2.75, 3.05) is 5.32 Å². The Hall–Kier alpha value is -2.78. The summed E-state index contributed by atoms with van der Waals surface area (Å²) < 4.78 is 6.85. The Bertz CT molecular complexity index is 1000. The fourth-order valence-electron chi connectivity index (χ4n) is 2.74. The van der Waals surface area contributed by atoms with Crippen molar-refractivity contribution in [3.05, 3.63) is 46.2 Å². The number of nitrogens with one attached hydrogen (secondary N) is 1. The van der Waals surface area contributed by atoms with Crippen LogP contribution >= 0.6 is 11.3 Å². The second kappa shape index (κ2) is 11.2. The summed E-state index contributed by atoms with van der Waals surface area (Å²) >= 11 is 1.26. The van der Waals surface area contributed by atoms with Gasteiger partial charge in [-0.15, -0.1) is 11.3 Å². The molecule has 3 N–H and O–H groups in total. The summed E-state index contributed by atoms with van der Waals surface area (Å²) in [5.74, 6) is -0.985. The highest BCUT2D eigenvalue weighted by atomic mass is 32.1. The number of rotatable bonds is 8. The number of benzene rings is 1. The summed E-state index contributed by atoms with van der Waals surface area (Å²) in [5, 5.41) is 4.58. The molecule has 1 heterocycles. The van der Waals surface area contributed by atoms with E-state index >= 15 is 0 Å². The van der Waals surface area contributed by atoms with Gasteiger partial charge in [0, 0.05) is 29.2 Å². The van der Waals surface area contributed by atoms with Gasteiger partial charge in [-0.25, -0.2) is 0 Å². The first kappa shape index (κ1) is 25.5. The van der Waals surface area contributed by atoms with E-state index in [0.29, 0.717) is 22.5 Å². The zero-order chi connectivity index (χ0) is 23.9. The molecule has 32 heavy (non-hydrogen) atoms. The maximum atomic E-state index is 12.6. The summed E-state index contributed by atoms with van der Waals surface area (Å²) in [6.07, 6.45) is 2.86. The molecule has 0 spiro atoms. The van der Waals surface area contributed by atoms with Crippen molar-refractivity contribution in [1.29, 1.82) is 0 Å². The van der Waals surface area contributed by atoms with E-state index in [1.807, 2.05) is 34.6 Å². The van der Waals surface area contributed by atoms with Crippen LogP contribution in [0.15, 0.2) is 40.8 Å². The smallest absolute Gasteiger partial charge is 0.324 e. The Morgan fingerprint density at radius 3 is 2.47 bits per heavy atom. The number of anilines is 1. The highest BCUT2D eigenvalue weighted by Gasteiger charge is 2.21. The van der Waals surface area contributed by atoms with Gasteiger partial charge in [-0.1, -0.05) is 41.0 Å². The summed E-state index contributed by atoms with van der Waals surface area (Å²) in [6, 6.07) is 5.88. The monoisotopic (exact) mass is 460 g/mol. The first-order valence-corrected chi connectivity index (χ1v) is 11.4. The van der Waals surface area contributed by atoms with E-state index < -0.39 is 17.9 Å². The van der Waals surface area contributed by atoms with Gasteiger partial charge in [0.15, 0.2) is 11.5 Å². The predicted molar refractivity (Wildman–Crippen MR) is 125 cm³/mol. The van der Waals surface area contributed by atoms with E-state index in [9.17, 15) is 14.4 Å². The molecule has 2 atom stereocenters. The molecule has 0 radical (unpaired) electrons. The van der Waals surface area contributed by atoms with Crippen molar-refractivity contribution in [2.45, 2.75) is 60.2 Å². The van der Waals surface area contributed by atoms with Crippen LogP contribution in [0.5, 0.6) is 0 Å². The molecule has 174 valence electrons. The molecule has 9 heteroatoms. The second-order valence-corrected chi connectivity index (χ2v) is 9.81. The molecule has 8 nitrogen and oxygen atoms in total. The van der Waals surface area contributed by atoms with Crippen molar-refractivity contribution < 1.29 is 19.1 Å².